The highest BCUT2D eigenvalue weighted by molar-refractivity contribution is 14.1. The number of carboxylic acid groups (broad SMARTS) is 1. The molecule has 5 nitrogen and oxygen atoms in total. The first-order valence-electron chi connectivity index (χ1n) is 5.60. The van der Waals surface area contributed by atoms with E-state index in [4.69, 9.17) is 5.11 Å². The molecular weight excluding hydrogens is 347 g/mol. The van der Waals surface area contributed by atoms with Crippen LogP contribution in [0.2, 0.25) is 0 Å². The standard InChI is InChI=1S/C12H13IN2O3/c13-9-3-1-8(2-4-9)11(16)14-10-5-6-15(7-10)12(17)18/h1-4,10H,5-7H2,(H,14,16)(H,17,18)/t10-/m0/s1. The summed E-state index contributed by atoms with van der Waals surface area (Å²) < 4.78 is 1.07. The number of carbonyl (C=O) groups excluding carboxylic acids is 1. The summed E-state index contributed by atoms with van der Waals surface area (Å²) >= 11 is 2.18. The Morgan fingerprint density at radius 2 is 2.00 bits per heavy atom. The van der Waals surface area contributed by atoms with E-state index in [1.54, 1.807) is 12.1 Å². The van der Waals surface area contributed by atoms with Gasteiger partial charge in [0.25, 0.3) is 5.91 Å². The molecule has 1 atom stereocenters. The number of rotatable bonds is 2. The van der Waals surface area contributed by atoms with Crippen molar-refractivity contribution in [2.75, 3.05) is 13.1 Å². The minimum atomic E-state index is -0.930. The fourth-order valence-corrected chi connectivity index (χ4v) is 2.28. The zero-order valence-electron chi connectivity index (χ0n) is 9.60. The fourth-order valence-electron chi connectivity index (χ4n) is 1.92. The molecule has 2 rings (SSSR count). The lowest BCUT2D eigenvalue weighted by molar-refractivity contribution is 0.0936. The molecule has 18 heavy (non-hydrogen) atoms. The molecule has 1 heterocycles. The highest BCUT2D eigenvalue weighted by atomic mass is 127. The first kappa shape index (κ1) is 13.1. The van der Waals surface area contributed by atoms with Crippen LogP contribution in [0.15, 0.2) is 24.3 Å². The molecule has 0 unspecified atom stereocenters. The Bertz CT molecular complexity index is 461. The van der Waals surface area contributed by atoms with Gasteiger partial charge in [-0.15, -0.1) is 0 Å². The Labute approximate surface area is 118 Å². The number of benzene rings is 1. The lowest BCUT2D eigenvalue weighted by atomic mass is 10.2. The molecule has 1 fully saturated rings. The van der Waals surface area contributed by atoms with Crippen LogP contribution in [0.3, 0.4) is 0 Å². The lowest BCUT2D eigenvalue weighted by Gasteiger charge is -2.13. The minimum absolute atomic E-state index is 0.0899. The molecule has 0 spiro atoms. The van der Waals surface area contributed by atoms with Crippen molar-refractivity contribution < 1.29 is 14.7 Å². The SMILES string of the molecule is O=C(N[C@H]1CCN(C(=O)O)C1)c1ccc(I)cc1. The van der Waals surface area contributed by atoms with Gasteiger partial charge in [0.05, 0.1) is 0 Å². The maximum Gasteiger partial charge on any atom is 0.407 e. The monoisotopic (exact) mass is 360 g/mol. The van der Waals surface area contributed by atoms with Crippen LogP contribution >= 0.6 is 22.6 Å². The average molecular weight is 360 g/mol. The van der Waals surface area contributed by atoms with Crippen LogP contribution in [0.4, 0.5) is 4.79 Å². The lowest BCUT2D eigenvalue weighted by Crippen LogP contribution is -2.38. The van der Waals surface area contributed by atoms with E-state index in [-0.39, 0.29) is 11.9 Å². The Morgan fingerprint density at radius 3 is 2.56 bits per heavy atom. The van der Waals surface area contributed by atoms with Crippen molar-refractivity contribution in [3.63, 3.8) is 0 Å². The average Bonchev–Trinajstić information content (AvgIpc) is 2.78. The van der Waals surface area contributed by atoms with Gasteiger partial charge >= 0.3 is 6.09 Å². The van der Waals surface area contributed by atoms with Gasteiger partial charge in [0, 0.05) is 28.3 Å². The minimum Gasteiger partial charge on any atom is -0.465 e. The number of nitrogens with one attached hydrogen (secondary N) is 1. The molecule has 0 radical (unpaired) electrons. The van der Waals surface area contributed by atoms with Crippen LogP contribution in [0.25, 0.3) is 0 Å². The van der Waals surface area contributed by atoms with Gasteiger partial charge in [-0.05, 0) is 53.3 Å². The predicted octanol–water partition coefficient (Wildman–Crippen LogP) is 1.77. The second kappa shape index (κ2) is 5.55. The van der Waals surface area contributed by atoms with E-state index >= 15 is 0 Å². The van der Waals surface area contributed by atoms with Crippen LogP contribution < -0.4 is 5.32 Å². The first-order chi connectivity index (χ1) is 8.56. The number of halogens is 1. The molecule has 96 valence electrons. The molecule has 0 aromatic heterocycles. The zero-order chi connectivity index (χ0) is 13.1. The third-order valence-electron chi connectivity index (χ3n) is 2.90. The smallest absolute Gasteiger partial charge is 0.407 e. The molecule has 1 aromatic rings. The van der Waals surface area contributed by atoms with Crippen molar-refractivity contribution in [1.82, 2.24) is 10.2 Å². The quantitative estimate of drug-likeness (QED) is 0.790. The molecule has 0 aliphatic carbocycles. The Morgan fingerprint density at radius 1 is 1.33 bits per heavy atom. The fraction of sp³-hybridized carbons (Fsp3) is 0.333. The van der Waals surface area contributed by atoms with Gasteiger partial charge in [0.15, 0.2) is 0 Å². The molecule has 1 saturated heterocycles. The van der Waals surface area contributed by atoms with Crippen LogP contribution in [0.1, 0.15) is 16.8 Å². The molecule has 1 aliphatic heterocycles. The predicted molar refractivity (Wildman–Crippen MR) is 74.6 cm³/mol. The summed E-state index contributed by atoms with van der Waals surface area (Å²) in [5.41, 5.74) is 0.601. The van der Waals surface area contributed by atoms with Gasteiger partial charge in [-0.3, -0.25) is 4.79 Å². The molecular formula is C12H13IN2O3. The maximum absolute atomic E-state index is 11.9. The molecule has 0 saturated carbocycles. The van der Waals surface area contributed by atoms with E-state index in [1.807, 2.05) is 12.1 Å². The molecule has 2 N–H and O–H groups in total. The van der Waals surface area contributed by atoms with Gasteiger partial charge in [-0.2, -0.15) is 0 Å². The molecule has 2 amide bonds. The summed E-state index contributed by atoms with van der Waals surface area (Å²) in [6.07, 6.45) is -0.261. The molecule has 6 heteroatoms. The van der Waals surface area contributed by atoms with Crippen LogP contribution in [0, 0.1) is 3.57 Å². The maximum atomic E-state index is 11.9. The summed E-state index contributed by atoms with van der Waals surface area (Å²) in [6, 6.07) is 7.18. The Hall–Kier alpha value is -1.31. The number of carbonyl (C=O) groups is 2. The van der Waals surface area contributed by atoms with Gasteiger partial charge in [-0.25, -0.2) is 4.79 Å². The zero-order valence-corrected chi connectivity index (χ0v) is 11.8. The van der Waals surface area contributed by atoms with Crippen LogP contribution in [0.5, 0.6) is 0 Å². The van der Waals surface area contributed by atoms with E-state index in [9.17, 15) is 9.59 Å². The van der Waals surface area contributed by atoms with Crippen molar-refractivity contribution in [2.24, 2.45) is 0 Å². The normalized spacial score (nSPS) is 18.7. The van der Waals surface area contributed by atoms with Gasteiger partial charge < -0.3 is 15.3 Å². The van der Waals surface area contributed by atoms with Gasteiger partial charge in [0.2, 0.25) is 0 Å². The van der Waals surface area contributed by atoms with E-state index in [0.29, 0.717) is 25.1 Å². The van der Waals surface area contributed by atoms with Crippen molar-refractivity contribution in [1.29, 1.82) is 0 Å². The highest BCUT2D eigenvalue weighted by Gasteiger charge is 2.27. The number of hydrogen-bond acceptors (Lipinski definition) is 2. The third-order valence-corrected chi connectivity index (χ3v) is 3.62. The Kier molecular flexibility index (Phi) is 4.05. The molecule has 1 aromatic carbocycles. The second-order valence-electron chi connectivity index (χ2n) is 4.19. The topological polar surface area (TPSA) is 69.6 Å². The molecule has 1 aliphatic rings. The van der Waals surface area contributed by atoms with Crippen molar-refractivity contribution in [3.05, 3.63) is 33.4 Å². The van der Waals surface area contributed by atoms with Gasteiger partial charge in [0.1, 0.15) is 0 Å². The number of nitrogens with zero attached hydrogens (tertiary/aromatic N) is 1. The number of hydrogen-bond donors (Lipinski definition) is 2. The van der Waals surface area contributed by atoms with E-state index < -0.39 is 6.09 Å². The number of amides is 2. The van der Waals surface area contributed by atoms with Crippen LogP contribution in [-0.2, 0) is 0 Å². The van der Waals surface area contributed by atoms with E-state index in [0.717, 1.165) is 3.57 Å². The van der Waals surface area contributed by atoms with E-state index in [1.165, 1.54) is 4.90 Å². The highest BCUT2D eigenvalue weighted by Crippen LogP contribution is 2.11. The van der Waals surface area contributed by atoms with Crippen molar-refractivity contribution in [2.45, 2.75) is 12.5 Å². The van der Waals surface area contributed by atoms with Gasteiger partial charge in [-0.1, -0.05) is 0 Å². The van der Waals surface area contributed by atoms with E-state index in [2.05, 4.69) is 27.9 Å². The first-order valence-corrected chi connectivity index (χ1v) is 6.68. The summed E-state index contributed by atoms with van der Waals surface area (Å²) in [5.74, 6) is -0.149. The van der Waals surface area contributed by atoms with Crippen molar-refractivity contribution in [3.8, 4) is 0 Å². The Balaban J connectivity index is 1.92. The van der Waals surface area contributed by atoms with Crippen LogP contribution in [-0.4, -0.2) is 41.1 Å². The van der Waals surface area contributed by atoms with Crippen molar-refractivity contribution >= 4 is 34.6 Å². The number of likely N-dealkylation sites (tertiary alicyclic amines) is 1. The summed E-state index contributed by atoms with van der Waals surface area (Å²) in [5, 5.41) is 11.7. The summed E-state index contributed by atoms with van der Waals surface area (Å²) in [4.78, 5) is 24.0. The third kappa shape index (κ3) is 3.12. The molecule has 0 bridgehead atoms. The summed E-state index contributed by atoms with van der Waals surface area (Å²) in [7, 11) is 0. The summed E-state index contributed by atoms with van der Waals surface area (Å²) in [6.45, 7) is 0.846. The second-order valence-corrected chi connectivity index (χ2v) is 5.44. The largest absolute Gasteiger partial charge is 0.465 e.